The van der Waals surface area contributed by atoms with Crippen molar-refractivity contribution in [3.8, 4) is 22.7 Å². The Morgan fingerprint density at radius 3 is 2.48 bits per heavy atom. The number of para-hydroxylation sites is 1. The molecule has 2 aromatic heterocycles. The molecule has 0 spiro atoms. The lowest BCUT2D eigenvalue weighted by molar-refractivity contribution is 0.0682. The lowest BCUT2D eigenvalue weighted by Crippen LogP contribution is -2.23. The molecule has 1 N–H and O–H groups in total. The number of hydrogen-bond donors (Lipinski definition) is 1. The molecule has 10 heteroatoms. The minimum Gasteiger partial charge on any atom is -0.489 e. The Bertz CT molecular complexity index is 1400. The third-order valence-electron chi connectivity index (χ3n) is 5.46. The minimum atomic E-state index is -0.995. The van der Waals surface area contributed by atoms with E-state index < -0.39 is 5.97 Å². The lowest BCUT2D eigenvalue weighted by atomic mass is 10.0. The molecular formula is C23H24N6O4. The predicted octanol–water partition coefficient (Wildman–Crippen LogP) is 2.74. The summed E-state index contributed by atoms with van der Waals surface area (Å²) in [7, 11) is 1.54. The molecule has 4 rings (SSSR count). The lowest BCUT2D eigenvalue weighted by Gasteiger charge is -2.13. The highest BCUT2D eigenvalue weighted by Crippen LogP contribution is 2.30. The first kappa shape index (κ1) is 22.0. The first-order chi connectivity index (χ1) is 15.8. The van der Waals surface area contributed by atoms with E-state index in [0.717, 1.165) is 21.4 Å². The second-order valence-electron chi connectivity index (χ2n) is 7.64. The van der Waals surface area contributed by atoms with E-state index in [1.54, 1.807) is 20.0 Å². The van der Waals surface area contributed by atoms with Crippen LogP contribution in [0.2, 0.25) is 0 Å². The third-order valence-corrected chi connectivity index (χ3v) is 5.46. The number of rotatable bonds is 7. The van der Waals surface area contributed by atoms with Crippen LogP contribution in [0.5, 0.6) is 5.75 Å². The average molecular weight is 448 g/mol. The van der Waals surface area contributed by atoms with E-state index in [0.29, 0.717) is 29.2 Å². The van der Waals surface area contributed by atoms with Gasteiger partial charge in [0.05, 0.1) is 11.4 Å². The number of benzene rings is 2. The molecule has 4 aromatic rings. The molecule has 0 radical (unpaired) electrons. The third kappa shape index (κ3) is 4.02. The molecule has 0 amide bonds. The van der Waals surface area contributed by atoms with Crippen molar-refractivity contribution in [2.75, 3.05) is 0 Å². The standard InChI is InChI=1S/C23H24N6O4/c1-5-28-21(22(30)31)15(3)20(24-28)16-10-11-19(14(2)12-16)33-13-17-8-6-7-9-18(17)29-23(32)27(4)25-26-29/h6-12H,5,13H2,1-4H3,(H,30,31). The van der Waals surface area contributed by atoms with Crippen molar-refractivity contribution in [3.63, 3.8) is 0 Å². The van der Waals surface area contributed by atoms with Gasteiger partial charge in [0.2, 0.25) is 0 Å². The zero-order chi connectivity index (χ0) is 23.7. The molecule has 0 saturated carbocycles. The van der Waals surface area contributed by atoms with E-state index in [9.17, 15) is 14.7 Å². The Morgan fingerprint density at radius 2 is 1.88 bits per heavy atom. The first-order valence-corrected chi connectivity index (χ1v) is 10.4. The Balaban J connectivity index is 1.60. The van der Waals surface area contributed by atoms with Gasteiger partial charge in [-0.2, -0.15) is 14.5 Å². The number of aryl methyl sites for hydroxylation is 3. The number of aromatic nitrogens is 6. The Labute approximate surface area is 189 Å². The van der Waals surface area contributed by atoms with E-state index in [4.69, 9.17) is 4.74 Å². The molecule has 0 bridgehead atoms. The van der Waals surface area contributed by atoms with Crippen molar-refractivity contribution in [2.24, 2.45) is 7.05 Å². The van der Waals surface area contributed by atoms with Crippen LogP contribution in [0.15, 0.2) is 47.3 Å². The van der Waals surface area contributed by atoms with Gasteiger partial charge < -0.3 is 9.84 Å². The summed E-state index contributed by atoms with van der Waals surface area (Å²) in [4.78, 5) is 23.9. The van der Waals surface area contributed by atoms with Gasteiger partial charge >= 0.3 is 11.7 Å². The quantitative estimate of drug-likeness (QED) is 0.462. The fourth-order valence-corrected chi connectivity index (χ4v) is 3.74. The smallest absolute Gasteiger partial charge is 0.368 e. The summed E-state index contributed by atoms with van der Waals surface area (Å²) in [5.41, 5.74) is 4.20. The summed E-state index contributed by atoms with van der Waals surface area (Å²) < 4.78 is 9.95. The van der Waals surface area contributed by atoms with Crippen LogP contribution in [-0.2, 0) is 20.2 Å². The molecule has 0 fully saturated rings. The van der Waals surface area contributed by atoms with Crippen molar-refractivity contribution in [3.05, 3.63) is 75.3 Å². The normalized spacial score (nSPS) is 11.0. The molecule has 33 heavy (non-hydrogen) atoms. The zero-order valence-corrected chi connectivity index (χ0v) is 18.8. The van der Waals surface area contributed by atoms with Crippen LogP contribution in [0, 0.1) is 13.8 Å². The van der Waals surface area contributed by atoms with Gasteiger partial charge in [-0.15, -0.1) is 0 Å². The Morgan fingerprint density at radius 1 is 1.12 bits per heavy atom. The first-order valence-electron chi connectivity index (χ1n) is 10.4. The highest BCUT2D eigenvalue weighted by Gasteiger charge is 2.21. The SMILES string of the molecule is CCn1nc(-c2ccc(OCc3ccccc3-n3nnn(C)c3=O)c(C)c2)c(C)c1C(=O)O. The molecule has 0 unspecified atom stereocenters. The molecule has 2 heterocycles. The van der Waals surface area contributed by atoms with E-state index in [1.165, 1.54) is 9.36 Å². The van der Waals surface area contributed by atoms with Crippen molar-refractivity contribution in [1.29, 1.82) is 0 Å². The maximum atomic E-state index is 12.3. The topological polar surface area (TPSA) is 117 Å². The molecule has 0 aliphatic rings. The number of carboxylic acids is 1. The maximum absolute atomic E-state index is 12.3. The van der Waals surface area contributed by atoms with E-state index in [-0.39, 0.29) is 18.0 Å². The van der Waals surface area contributed by atoms with E-state index >= 15 is 0 Å². The summed E-state index contributed by atoms with van der Waals surface area (Å²) in [6.07, 6.45) is 0. The number of hydrogen-bond acceptors (Lipinski definition) is 6. The highest BCUT2D eigenvalue weighted by molar-refractivity contribution is 5.90. The van der Waals surface area contributed by atoms with Gasteiger partial charge in [-0.25, -0.2) is 9.59 Å². The molecular weight excluding hydrogens is 424 g/mol. The summed E-state index contributed by atoms with van der Waals surface area (Å²) in [5, 5.41) is 21.7. The van der Waals surface area contributed by atoms with Gasteiger partial charge in [0, 0.05) is 30.3 Å². The summed E-state index contributed by atoms with van der Waals surface area (Å²) in [5.74, 6) is -0.322. The average Bonchev–Trinajstić information content (AvgIpc) is 3.32. The maximum Gasteiger partial charge on any atom is 0.368 e. The fourth-order valence-electron chi connectivity index (χ4n) is 3.74. The van der Waals surface area contributed by atoms with Crippen LogP contribution in [-0.4, -0.2) is 40.6 Å². The molecule has 0 aliphatic carbocycles. The van der Waals surface area contributed by atoms with Gasteiger partial charge in [-0.1, -0.05) is 18.2 Å². The number of carboxylic acid groups (broad SMARTS) is 1. The number of aromatic carboxylic acids is 1. The van der Waals surface area contributed by atoms with Crippen molar-refractivity contribution < 1.29 is 14.6 Å². The number of nitrogens with zero attached hydrogens (tertiary/aromatic N) is 6. The molecule has 0 atom stereocenters. The van der Waals surface area contributed by atoms with Crippen LogP contribution >= 0.6 is 0 Å². The minimum absolute atomic E-state index is 0.196. The van der Waals surface area contributed by atoms with Crippen LogP contribution in [0.4, 0.5) is 0 Å². The number of tetrazole rings is 1. The highest BCUT2D eigenvalue weighted by atomic mass is 16.5. The second-order valence-corrected chi connectivity index (χ2v) is 7.64. The van der Waals surface area contributed by atoms with Gasteiger partial charge in [-0.3, -0.25) is 4.68 Å². The Hall–Kier alpha value is -4.21. The van der Waals surface area contributed by atoms with Crippen molar-refractivity contribution >= 4 is 5.97 Å². The van der Waals surface area contributed by atoms with Gasteiger partial charge in [0.25, 0.3) is 0 Å². The van der Waals surface area contributed by atoms with Crippen LogP contribution < -0.4 is 10.4 Å². The summed E-state index contributed by atoms with van der Waals surface area (Å²) in [6, 6.07) is 13.0. The summed E-state index contributed by atoms with van der Waals surface area (Å²) >= 11 is 0. The predicted molar refractivity (Wildman–Crippen MR) is 121 cm³/mol. The van der Waals surface area contributed by atoms with Gasteiger partial charge in [0.1, 0.15) is 18.1 Å². The zero-order valence-electron chi connectivity index (χ0n) is 18.8. The second kappa shape index (κ2) is 8.73. The van der Waals surface area contributed by atoms with Gasteiger partial charge in [0.15, 0.2) is 0 Å². The molecule has 170 valence electrons. The van der Waals surface area contributed by atoms with Crippen molar-refractivity contribution in [2.45, 2.75) is 33.9 Å². The van der Waals surface area contributed by atoms with Crippen LogP contribution in [0.25, 0.3) is 16.9 Å². The Kier molecular flexibility index (Phi) is 5.82. The largest absolute Gasteiger partial charge is 0.489 e. The monoisotopic (exact) mass is 448 g/mol. The molecule has 0 aliphatic heterocycles. The molecule has 0 saturated heterocycles. The van der Waals surface area contributed by atoms with E-state index in [2.05, 4.69) is 15.5 Å². The van der Waals surface area contributed by atoms with Gasteiger partial charge in [-0.05, 0) is 61.0 Å². The van der Waals surface area contributed by atoms with Crippen molar-refractivity contribution in [1.82, 2.24) is 29.6 Å². The summed E-state index contributed by atoms with van der Waals surface area (Å²) in [6.45, 7) is 6.24. The van der Waals surface area contributed by atoms with Crippen LogP contribution in [0.3, 0.4) is 0 Å². The van der Waals surface area contributed by atoms with E-state index in [1.807, 2.05) is 50.2 Å². The molecule has 2 aromatic carbocycles. The molecule has 10 nitrogen and oxygen atoms in total. The number of carbonyl (C=O) groups is 1. The number of ether oxygens (including phenoxy) is 1. The van der Waals surface area contributed by atoms with Crippen LogP contribution in [0.1, 0.15) is 34.1 Å². The fraction of sp³-hybridized carbons (Fsp3) is 0.261.